The number of aliphatic hydroxyl groups excluding tert-OH is 1. The Labute approximate surface area is 155 Å². The Morgan fingerprint density at radius 1 is 1.04 bits per heavy atom. The molecule has 2 N–H and O–H groups in total. The molecule has 3 rings (SSSR count). The summed E-state index contributed by atoms with van der Waals surface area (Å²) in [6.45, 7) is 4.41. The second-order valence-corrected chi connectivity index (χ2v) is 6.65. The van der Waals surface area contributed by atoms with Gasteiger partial charge in [0.05, 0.1) is 0 Å². The van der Waals surface area contributed by atoms with Crippen molar-refractivity contribution >= 4 is 0 Å². The van der Waals surface area contributed by atoms with Gasteiger partial charge in [0.2, 0.25) is 0 Å². The SMILES string of the molecule is Cc1nccn1-c1ccc(C(C)NC(CCCO)c2ccccc2)cc1. The fraction of sp³-hybridized carbons (Fsp3) is 0.318. The van der Waals surface area contributed by atoms with Gasteiger partial charge < -0.3 is 15.0 Å². The Morgan fingerprint density at radius 3 is 2.38 bits per heavy atom. The number of benzene rings is 2. The van der Waals surface area contributed by atoms with E-state index in [0.29, 0.717) is 0 Å². The first kappa shape index (κ1) is 18.4. The molecule has 0 bridgehead atoms. The summed E-state index contributed by atoms with van der Waals surface area (Å²) in [7, 11) is 0. The van der Waals surface area contributed by atoms with E-state index in [0.717, 1.165) is 24.4 Å². The number of rotatable bonds is 8. The Hall–Kier alpha value is -2.43. The molecule has 4 heteroatoms. The van der Waals surface area contributed by atoms with E-state index in [1.807, 2.05) is 25.4 Å². The molecular weight excluding hydrogens is 322 g/mol. The highest BCUT2D eigenvalue weighted by Gasteiger charge is 2.15. The number of aliphatic hydroxyl groups is 1. The molecule has 0 amide bonds. The van der Waals surface area contributed by atoms with Gasteiger partial charge in [-0.15, -0.1) is 0 Å². The lowest BCUT2D eigenvalue weighted by molar-refractivity contribution is 0.272. The number of aryl methyl sites for hydroxylation is 1. The van der Waals surface area contributed by atoms with E-state index in [1.54, 1.807) is 0 Å². The fourth-order valence-corrected chi connectivity index (χ4v) is 3.30. The summed E-state index contributed by atoms with van der Waals surface area (Å²) in [4.78, 5) is 4.28. The van der Waals surface area contributed by atoms with Crippen molar-refractivity contribution in [3.63, 3.8) is 0 Å². The molecule has 0 saturated heterocycles. The molecule has 0 aliphatic carbocycles. The molecule has 2 aromatic carbocycles. The molecule has 3 aromatic rings. The standard InChI is InChI=1S/C22H27N3O/c1-17(24-22(9-6-16-26)20-7-4-3-5-8-20)19-10-12-21(13-11-19)25-15-14-23-18(25)2/h3-5,7-8,10-15,17,22,24,26H,6,9,16H2,1-2H3. The quantitative estimate of drug-likeness (QED) is 0.636. The predicted octanol–water partition coefficient (Wildman–Crippen LogP) is 4.35. The molecule has 1 heterocycles. The zero-order valence-corrected chi connectivity index (χ0v) is 15.5. The largest absolute Gasteiger partial charge is 0.396 e. The van der Waals surface area contributed by atoms with Gasteiger partial charge in [-0.05, 0) is 49.9 Å². The van der Waals surface area contributed by atoms with E-state index in [2.05, 4.69) is 70.3 Å². The number of hydrogen-bond donors (Lipinski definition) is 2. The molecule has 0 aliphatic rings. The van der Waals surface area contributed by atoms with E-state index in [9.17, 15) is 5.11 Å². The van der Waals surface area contributed by atoms with Gasteiger partial charge in [-0.25, -0.2) is 4.98 Å². The van der Waals surface area contributed by atoms with Crippen molar-refractivity contribution < 1.29 is 5.11 Å². The lowest BCUT2D eigenvalue weighted by atomic mass is 9.99. The molecule has 0 spiro atoms. The molecule has 4 nitrogen and oxygen atoms in total. The minimum absolute atomic E-state index is 0.219. The molecule has 0 fully saturated rings. The molecule has 2 atom stereocenters. The minimum atomic E-state index is 0.219. The van der Waals surface area contributed by atoms with Crippen LogP contribution in [0, 0.1) is 6.92 Å². The number of hydrogen-bond acceptors (Lipinski definition) is 3. The third-order valence-electron chi connectivity index (χ3n) is 4.80. The van der Waals surface area contributed by atoms with Crippen LogP contribution in [0.5, 0.6) is 0 Å². The van der Waals surface area contributed by atoms with Crippen molar-refractivity contribution in [2.45, 2.75) is 38.8 Å². The average Bonchev–Trinajstić information content (AvgIpc) is 3.11. The normalized spacial score (nSPS) is 13.5. The van der Waals surface area contributed by atoms with Gasteiger partial charge in [-0.2, -0.15) is 0 Å². The van der Waals surface area contributed by atoms with Gasteiger partial charge in [0.15, 0.2) is 0 Å². The summed E-state index contributed by atoms with van der Waals surface area (Å²) in [6, 6.07) is 19.5. The Kier molecular flexibility index (Phi) is 6.21. The summed E-state index contributed by atoms with van der Waals surface area (Å²) < 4.78 is 2.08. The Bertz CT molecular complexity index is 796. The predicted molar refractivity (Wildman–Crippen MR) is 105 cm³/mol. The van der Waals surface area contributed by atoms with Gasteiger partial charge in [0, 0.05) is 36.8 Å². The van der Waals surface area contributed by atoms with Gasteiger partial charge in [0.25, 0.3) is 0 Å². The third kappa shape index (κ3) is 4.40. The lowest BCUT2D eigenvalue weighted by Crippen LogP contribution is -2.25. The topological polar surface area (TPSA) is 50.1 Å². The van der Waals surface area contributed by atoms with Crippen molar-refractivity contribution in [3.8, 4) is 5.69 Å². The smallest absolute Gasteiger partial charge is 0.110 e. The van der Waals surface area contributed by atoms with Crippen molar-refractivity contribution in [1.29, 1.82) is 0 Å². The zero-order valence-electron chi connectivity index (χ0n) is 15.5. The number of aromatic nitrogens is 2. The van der Waals surface area contributed by atoms with Crippen LogP contribution in [-0.2, 0) is 0 Å². The number of nitrogens with one attached hydrogen (secondary N) is 1. The van der Waals surface area contributed by atoms with Gasteiger partial charge in [-0.3, -0.25) is 0 Å². The Balaban J connectivity index is 1.73. The third-order valence-corrected chi connectivity index (χ3v) is 4.80. The van der Waals surface area contributed by atoms with Crippen molar-refractivity contribution in [1.82, 2.24) is 14.9 Å². The van der Waals surface area contributed by atoms with Gasteiger partial charge >= 0.3 is 0 Å². The van der Waals surface area contributed by atoms with Crippen molar-refractivity contribution in [2.24, 2.45) is 0 Å². The van der Waals surface area contributed by atoms with Crippen LogP contribution in [-0.4, -0.2) is 21.3 Å². The molecule has 0 radical (unpaired) electrons. The molecule has 0 aliphatic heterocycles. The summed E-state index contributed by atoms with van der Waals surface area (Å²) >= 11 is 0. The number of imidazole rings is 1. The first-order valence-electron chi connectivity index (χ1n) is 9.21. The zero-order chi connectivity index (χ0) is 18.4. The molecule has 2 unspecified atom stereocenters. The fourth-order valence-electron chi connectivity index (χ4n) is 3.30. The second-order valence-electron chi connectivity index (χ2n) is 6.65. The maximum absolute atomic E-state index is 9.22. The average molecular weight is 349 g/mol. The van der Waals surface area contributed by atoms with Crippen LogP contribution in [0.3, 0.4) is 0 Å². The number of nitrogens with zero attached hydrogens (tertiary/aromatic N) is 2. The van der Waals surface area contributed by atoms with Crippen LogP contribution in [0.1, 0.15) is 48.8 Å². The lowest BCUT2D eigenvalue weighted by Gasteiger charge is -2.24. The summed E-state index contributed by atoms with van der Waals surface area (Å²) in [6.07, 6.45) is 5.50. The monoisotopic (exact) mass is 349 g/mol. The summed E-state index contributed by atoms with van der Waals surface area (Å²) in [5.41, 5.74) is 3.63. The molecular formula is C22H27N3O. The molecule has 0 saturated carbocycles. The second kappa shape index (κ2) is 8.79. The van der Waals surface area contributed by atoms with Crippen LogP contribution >= 0.6 is 0 Å². The van der Waals surface area contributed by atoms with Crippen LogP contribution in [0.2, 0.25) is 0 Å². The molecule has 26 heavy (non-hydrogen) atoms. The van der Waals surface area contributed by atoms with Gasteiger partial charge in [0.1, 0.15) is 5.82 Å². The van der Waals surface area contributed by atoms with Crippen LogP contribution in [0.15, 0.2) is 67.0 Å². The highest BCUT2D eigenvalue weighted by atomic mass is 16.2. The first-order valence-corrected chi connectivity index (χ1v) is 9.21. The van der Waals surface area contributed by atoms with E-state index < -0.39 is 0 Å². The maximum Gasteiger partial charge on any atom is 0.110 e. The van der Waals surface area contributed by atoms with E-state index >= 15 is 0 Å². The van der Waals surface area contributed by atoms with E-state index in [1.165, 1.54) is 11.1 Å². The van der Waals surface area contributed by atoms with Crippen molar-refractivity contribution in [2.75, 3.05) is 6.61 Å². The highest BCUT2D eigenvalue weighted by Crippen LogP contribution is 2.24. The van der Waals surface area contributed by atoms with Crippen LogP contribution in [0.4, 0.5) is 0 Å². The Morgan fingerprint density at radius 2 is 1.77 bits per heavy atom. The first-order chi connectivity index (χ1) is 12.7. The summed E-state index contributed by atoms with van der Waals surface area (Å²) in [5.74, 6) is 0.983. The maximum atomic E-state index is 9.22. The van der Waals surface area contributed by atoms with Crippen molar-refractivity contribution in [3.05, 3.63) is 83.9 Å². The van der Waals surface area contributed by atoms with E-state index in [-0.39, 0.29) is 18.7 Å². The minimum Gasteiger partial charge on any atom is -0.396 e. The summed E-state index contributed by atoms with van der Waals surface area (Å²) in [5, 5.41) is 12.9. The molecule has 136 valence electrons. The highest BCUT2D eigenvalue weighted by molar-refractivity contribution is 5.37. The van der Waals surface area contributed by atoms with Gasteiger partial charge in [-0.1, -0.05) is 42.5 Å². The molecule has 1 aromatic heterocycles. The van der Waals surface area contributed by atoms with Crippen LogP contribution in [0.25, 0.3) is 5.69 Å². The van der Waals surface area contributed by atoms with E-state index in [4.69, 9.17) is 0 Å². The van der Waals surface area contributed by atoms with Crippen LogP contribution < -0.4 is 5.32 Å².